The van der Waals surface area contributed by atoms with E-state index in [4.69, 9.17) is 10.5 Å². The Morgan fingerprint density at radius 2 is 1.92 bits per heavy atom. The molecule has 4 heterocycles. The Balaban J connectivity index is 0.00000361. The van der Waals surface area contributed by atoms with Gasteiger partial charge in [0.15, 0.2) is 5.69 Å². The van der Waals surface area contributed by atoms with Crippen molar-refractivity contribution in [1.29, 1.82) is 0 Å². The zero-order valence-electron chi connectivity index (χ0n) is 19.6. The predicted molar refractivity (Wildman–Crippen MR) is 136 cm³/mol. The van der Waals surface area contributed by atoms with Gasteiger partial charge in [-0.3, -0.25) is 14.2 Å². The second-order valence-corrected chi connectivity index (χ2v) is 8.58. The van der Waals surface area contributed by atoms with Gasteiger partial charge in [-0.1, -0.05) is 18.9 Å². The van der Waals surface area contributed by atoms with Crippen molar-refractivity contribution >= 4 is 36.4 Å². The summed E-state index contributed by atoms with van der Waals surface area (Å²) in [5.74, 6) is -1.71. The average Bonchev–Trinajstić information content (AvgIpc) is 3.52. The molecule has 3 aromatic heterocycles. The first-order valence-electron chi connectivity index (χ1n) is 12.0. The molecule has 3 aromatic rings. The summed E-state index contributed by atoms with van der Waals surface area (Å²) in [7, 11) is 0. The van der Waals surface area contributed by atoms with Gasteiger partial charge in [0.05, 0.1) is 23.6 Å². The number of rotatable bonds is 11. The second kappa shape index (κ2) is 13.4. The summed E-state index contributed by atoms with van der Waals surface area (Å²) in [5, 5.41) is 20.8. The summed E-state index contributed by atoms with van der Waals surface area (Å²) < 4.78 is 8.84. The SMILES string of the molecule is NCCCCCCn1cc(-c2cccc(C(=O)Nc3cn(C4CCOCC4)nc3C(=O)O)n2)cn1.[LiH]. The number of hydrogen-bond acceptors (Lipinski definition) is 7. The van der Waals surface area contributed by atoms with Crippen LogP contribution in [0.15, 0.2) is 36.8 Å². The third-order valence-corrected chi connectivity index (χ3v) is 6.00. The zero-order chi connectivity index (χ0) is 24.6. The number of nitrogens with zero attached hydrogens (tertiary/aromatic N) is 5. The minimum atomic E-state index is -1.21. The van der Waals surface area contributed by atoms with Crippen molar-refractivity contribution in [3.05, 3.63) is 48.2 Å². The number of hydrogen-bond donors (Lipinski definition) is 3. The van der Waals surface area contributed by atoms with Crippen LogP contribution in [-0.4, -0.2) is 80.1 Å². The van der Waals surface area contributed by atoms with Crippen molar-refractivity contribution in [2.75, 3.05) is 25.1 Å². The minimum absolute atomic E-state index is 0. The zero-order valence-corrected chi connectivity index (χ0v) is 19.6. The van der Waals surface area contributed by atoms with E-state index >= 15 is 0 Å². The van der Waals surface area contributed by atoms with Crippen LogP contribution in [0.4, 0.5) is 5.69 Å². The Morgan fingerprint density at radius 1 is 1.14 bits per heavy atom. The maximum absolute atomic E-state index is 12.9. The number of pyridine rings is 1. The molecule has 1 aliphatic heterocycles. The second-order valence-electron chi connectivity index (χ2n) is 8.58. The van der Waals surface area contributed by atoms with Crippen molar-refractivity contribution in [3.8, 4) is 11.3 Å². The Labute approximate surface area is 221 Å². The fourth-order valence-electron chi connectivity index (χ4n) is 4.08. The number of carboxylic acid groups (broad SMARTS) is 1. The van der Waals surface area contributed by atoms with Crippen LogP contribution in [0.3, 0.4) is 0 Å². The van der Waals surface area contributed by atoms with Gasteiger partial charge in [-0.2, -0.15) is 10.2 Å². The Hall–Kier alpha value is -2.97. The van der Waals surface area contributed by atoms with E-state index < -0.39 is 11.9 Å². The number of anilines is 1. The van der Waals surface area contributed by atoms with E-state index in [0.29, 0.717) is 18.9 Å². The number of aromatic nitrogens is 5. The van der Waals surface area contributed by atoms with Crippen molar-refractivity contribution in [1.82, 2.24) is 24.5 Å². The summed E-state index contributed by atoms with van der Waals surface area (Å²) in [4.78, 5) is 29.1. The number of ether oxygens (including phenoxy) is 1. The number of nitrogens with one attached hydrogen (secondary N) is 1. The Morgan fingerprint density at radius 3 is 2.67 bits per heavy atom. The monoisotopic (exact) mass is 489 g/mol. The van der Waals surface area contributed by atoms with E-state index in [9.17, 15) is 14.7 Å². The van der Waals surface area contributed by atoms with Gasteiger partial charge >= 0.3 is 24.8 Å². The molecule has 0 bridgehead atoms. The van der Waals surface area contributed by atoms with Crippen molar-refractivity contribution < 1.29 is 19.4 Å². The van der Waals surface area contributed by atoms with Gasteiger partial charge in [0.2, 0.25) is 0 Å². The summed E-state index contributed by atoms with van der Waals surface area (Å²) in [6.07, 6.45) is 10.9. The van der Waals surface area contributed by atoms with Gasteiger partial charge in [0.1, 0.15) is 5.69 Å². The first kappa shape index (κ1) is 27.6. The molecule has 1 fully saturated rings. The molecular formula is C24H32LiN7O4. The van der Waals surface area contributed by atoms with Gasteiger partial charge in [-0.25, -0.2) is 9.78 Å². The summed E-state index contributed by atoms with van der Waals surface area (Å²) >= 11 is 0. The van der Waals surface area contributed by atoms with Crippen LogP contribution in [0.1, 0.15) is 65.5 Å². The molecule has 4 N–H and O–H groups in total. The normalized spacial score (nSPS) is 13.8. The number of aromatic carboxylic acids is 1. The van der Waals surface area contributed by atoms with Crippen LogP contribution in [-0.2, 0) is 11.3 Å². The molecule has 0 aromatic carbocycles. The molecule has 0 spiro atoms. The van der Waals surface area contributed by atoms with Crippen LogP contribution in [0.5, 0.6) is 0 Å². The number of amides is 1. The summed E-state index contributed by atoms with van der Waals surface area (Å²) in [6, 6.07) is 5.17. The number of nitrogens with two attached hydrogens (primary N) is 1. The molecule has 1 aliphatic rings. The van der Waals surface area contributed by atoms with Crippen LogP contribution in [0.2, 0.25) is 0 Å². The van der Waals surface area contributed by atoms with Gasteiger partial charge in [0, 0.05) is 37.7 Å². The molecule has 1 saturated heterocycles. The van der Waals surface area contributed by atoms with Crippen LogP contribution in [0, 0.1) is 0 Å². The molecule has 0 saturated carbocycles. The molecular weight excluding hydrogens is 457 g/mol. The molecule has 0 atom stereocenters. The molecule has 11 nitrogen and oxygen atoms in total. The van der Waals surface area contributed by atoms with Crippen LogP contribution < -0.4 is 11.1 Å². The summed E-state index contributed by atoms with van der Waals surface area (Å²) in [5.41, 5.74) is 7.07. The predicted octanol–water partition coefficient (Wildman–Crippen LogP) is 2.31. The molecule has 1 amide bonds. The van der Waals surface area contributed by atoms with E-state index in [1.54, 1.807) is 29.2 Å². The summed E-state index contributed by atoms with van der Waals surface area (Å²) in [6.45, 7) is 2.71. The number of carboxylic acids is 1. The third kappa shape index (κ3) is 7.04. The Kier molecular flexibility index (Phi) is 10.3. The molecule has 12 heteroatoms. The van der Waals surface area contributed by atoms with Crippen LogP contribution in [0.25, 0.3) is 11.3 Å². The average molecular weight is 490 g/mol. The van der Waals surface area contributed by atoms with E-state index in [-0.39, 0.29) is 42.0 Å². The molecule has 0 aliphatic carbocycles. The number of unbranched alkanes of at least 4 members (excludes halogenated alkanes) is 3. The Bertz CT molecular complexity index is 1160. The molecule has 0 unspecified atom stereocenters. The molecule has 4 rings (SSSR count). The third-order valence-electron chi connectivity index (χ3n) is 6.00. The fraction of sp³-hybridized carbons (Fsp3) is 0.458. The van der Waals surface area contributed by atoms with Gasteiger partial charge in [-0.15, -0.1) is 0 Å². The van der Waals surface area contributed by atoms with Gasteiger partial charge in [-0.05, 0) is 44.4 Å². The molecule has 36 heavy (non-hydrogen) atoms. The molecule has 188 valence electrons. The fourth-order valence-corrected chi connectivity index (χ4v) is 4.08. The number of carbonyl (C=O) groups is 2. The standard InChI is InChI=1S/C24H31N7O4.Li.H/c25-10-3-1-2-4-11-30-15-17(14-26-30)19-6-5-7-20(27-19)23(32)28-21-16-31(29-22(21)24(33)34)18-8-12-35-13-9-18;;/h5-7,14-16,18H,1-4,8-13,25H2,(H,28,32)(H,33,34);;. The topological polar surface area (TPSA) is 150 Å². The van der Waals surface area contributed by atoms with E-state index in [1.165, 1.54) is 0 Å². The quantitative estimate of drug-likeness (QED) is 0.274. The van der Waals surface area contributed by atoms with Crippen molar-refractivity contribution in [2.45, 2.75) is 51.1 Å². The van der Waals surface area contributed by atoms with E-state index in [1.807, 2.05) is 16.9 Å². The van der Waals surface area contributed by atoms with Crippen LogP contribution >= 0.6 is 0 Å². The maximum atomic E-state index is 12.9. The van der Waals surface area contributed by atoms with E-state index in [0.717, 1.165) is 57.2 Å². The van der Waals surface area contributed by atoms with Crippen molar-refractivity contribution in [3.63, 3.8) is 0 Å². The first-order chi connectivity index (χ1) is 17.0. The first-order valence-corrected chi connectivity index (χ1v) is 12.0. The van der Waals surface area contributed by atoms with Gasteiger partial charge in [0.25, 0.3) is 5.91 Å². The van der Waals surface area contributed by atoms with Gasteiger partial charge < -0.3 is 20.9 Å². The van der Waals surface area contributed by atoms with Crippen molar-refractivity contribution in [2.24, 2.45) is 5.73 Å². The molecule has 0 radical (unpaired) electrons. The number of carbonyl (C=O) groups excluding carboxylic acids is 1. The van der Waals surface area contributed by atoms with E-state index in [2.05, 4.69) is 20.5 Å². The number of aryl methyl sites for hydroxylation is 1.